The SMILES string of the molecule is COc1ccc2ccccc2c1/C=C(\CCC(=O)O)c1nc2ccccc2s1. The van der Waals surface area contributed by atoms with Crippen molar-refractivity contribution in [3.8, 4) is 5.75 Å². The van der Waals surface area contributed by atoms with Crippen LogP contribution in [0.4, 0.5) is 0 Å². The maximum Gasteiger partial charge on any atom is 0.303 e. The minimum Gasteiger partial charge on any atom is -0.496 e. The summed E-state index contributed by atoms with van der Waals surface area (Å²) in [5.74, 6) is -0.0652. The molecule has 0 radical (unpaired) electrons. The molecule has 0 fully saturated rings. The molecule has 1 heterocycles. The summed E-state index contributed by atoms with van der Waals surface area (Å²) < 4.78 is 6.68. The second kappa shape index (κ2) is 7.82. The van der Waals surface area contributed by atoms with E-state index in [0.717, 1.165) is 42.9 Å². The highest BCUT2D eigenvalue weighted by atomic mass is 32.1. The lowest BCUT2D eigenvalue weighted by Crippen LogP contribution is -1.96. The molecule has 0 aliphatic rings. The zero-order valence-corrected chi connectivity index (χ0v) is 16.2. The number of para-hydroxylation sites is 1. The fourth-order valence-electron chi connectivity index (χ4n) is 3.27. The number of carbonyl (C=O) groups is 1. The summed E-state index contributed by atoms with van der Waals surface area (Å²) in [6, 6.07) is 20.0. The first-order valence-electron chi connectivity index (χ1n) is 9.00. The van der Waals surface area contributed by atoms with Gasteiger partial charge in [0.15, 0.2) is 0 Å². The third-order valence-corrected chi connectivity index (χ3v) is 5.76. The van der Waals surface area contributed by atoms with Crippen molar-refractivity contribution in [1.29, 1.82) is 0 Å². The van der Waals surface area contributed by atoms with Gasteiger partial charge in [-0.2, -0.15) is 0 Å². The first kappa shape index (κ1) is 18.2. The molecule has 28 heavy (non-hydrogen) atoms. The summed E-state index contributed by atoms with van der Waals surface area (Å²) in [5.41, 5.74) is 2.77. The van der Waals surface area contributed by atoms with Crippen LogP contribution in [0.25, 0.3) is 32.6 Å². The predicted octanol–water partition coefficient (Wildman–Crippen LogP) is 5.86. The smallest absolute Gasteiger partial charge is 0.303 e. The van der Waals surface area contributed by atoms with Gasteiger partial charge in [-0.3, -0.25) is 4.79 Å². The number of aliphatic carboxylic acids is 1. The molecule has 0 spiro atoms. The molecular weight excluding hydrogens is 370 g/mol. The van der Waals surface area contributed by atoms with E-state index in [2.05, 4.69) is 12.1 Å². The number of rotatable bonds is 6. The Morgan fingerprint density at radius 3 is 2.64 bits per heavy atom. The van der Waals surface area contributed by atoms with Crippen molar-refractivity contribution in [2.75, 3.05) is 7.11 Å². The van der Waals surface area contributed by atoms with Gasteiger partial charge in [0.1, 0.15) is 10.8 Å². The van der Waals surface area contributed by atoms with Crippen molar-refractivity contribution < 1.29 is 14.6 Å². The fraction of sp³-hybridized carbons (Fsp3) is 0.130. The average Bonchev–Trinajstić information content (AvgIpc) is 3.15. The molecule has 0 bridgehead atoms. The molecule has 140 valence electrons. The van der Waals surface area contributed by atoms with Gasteiger partial charge in [-0.25, -0.2) is 4.98 Å². The Hall–Kier alpha value is -3.18. The molecule has 0 atom stereocenters. The highest BCUT2D eigenvalue weighted by Crippen LogP contribution is 2.35. The topological polar surface area (TPSA) is 59.4 Å². The Bertz CT molecular complexity index is 1160. The Kier molecular flexibility index (Phi) is 5.08. The highest BCUT2D eigenvalue weighted by molar-refractivity contribution is 7.19. The first-order valence-corrected chi connectivity index (χ1v) is 9.81. The Morgan fingerprint density at radius 2 is 1.86 bits per heavy atom. The summed E-state index contributed by atoms with van der Waals surface area (Å²) in [5, 5.41) is 12.2. The van der Waals surface area contributed by atoms with E-state index >= 15 is 0 Å². The molecule has 0 amide bonds. The van der Waals surface area contributed by atoms with Gasteiger partial charge in [0.25, 0.3) is 0 Å². The summed E-state index contributed by atoms with van der Waals surface area (Å²) in [4.78, 5) is 16.0. The molecule has 4 nitrogen and oxygen atoms in total. The monoisotopic (exact) mass is 389 g/mol. The predicted molar refractivity (Wildman–Crippen MR) is 115 cm³/mol. The third-order valence-electron chi connectivity index (χ3n) is 4.65. The van der Waals surface area contributed by atoms with Gasteiger partial charge < -0.3 is 9.84 Å². The van der Waals surface area contributed by atoms with Crippen LogP contribution in [0.3, 0.4) is 0 Å². The van der Waals surface area contributed by atoms with Gasteiger partial charge in [0.2, 0.25) is 0 Å². The molecule has 1 aromatic heterocycles. The summed E-state index contributed by atoms with van der Waals surface area (Å²) in [6.07, 6.45) is 2.48. The largest absolute Gasteiger partial charge is 0.496 e. The van der Waals surface area contributed by atoms with Gasteiger partial charge in [0.05, 0.1) is 17.3 Å². The molecule has 0 saturated carbocycles. The maximum atomic E-state index is 11.2. The van der Waals surface area contributed by atoms with E-state index in [9.17, 15) is 9.90 Å². The van der Waals surface area contributed by atoms with E-state index in [1.807, 2.05) is 54.6 Å². The van der Waals surface area contributed by atoms with Gasteiger partial charge in [0, 0.05) is 12.0 Å². The molecule has 0 aliphatic carbocycles. The standard InChI is InChI=1S/C23H19NO3S/c1-27-20-12-10-15-6-2-3-7-17(15)18(20)14-16(11-13-22(25)26)23-24-19-8-4-5-9-21(19)28-23/h2-10,12,14H,11,13H2,1H3,(H,25,26)/b16-14+. The molecule has 1 N–H and O–H groups in total. The molecule has 0 unspecified atom stereocenters. The van der Waals surface area contributed by atoms with Crippen LogP contribution in [0.1, 0.15) is 23.4 Å². The van der Waals surface area contributed by atoms with Crippen LogP contribution in [0.15, 0.2) is 60.7 Å². The number of carboxylic acid groups (broad SMARTS) is 1. The van der Waals surface area contributed by atoms with Crippen molar-refractivity contribution in [1.82, 2.24) is 4.98 Å². The maximum absolute atomic E-state index is 11.2. The number of methoxy groups -OCH3 is 1. The van der Waals surface area contributed by atoms with Gasteiger partial charge in [-0.15, -0.1) is 11.3 Å². The number of hydrogen-bond acceptors (Lipinski definition) is 4. The molecule has 0 aliphatic heterocycles. The lowest BCUT2D eigenvalue weighted by molar-refractivity contribution is -0.136. The second-order valence-corrected chi connectivity index (χ2v) is 7.48. The van der Waals surface area contributed by atoms with Crippen molar-refractivity contribution in [3.05, 3.63) is 71.2 Å². The molecule has 0 saturated heterocycles. The van der Waals surface area contributed by atoms with Crippen molar-refractivity contribution in [2.45, 2.75) is 12.8 Å². The van der Waals surface area contributed by atoms with Gasteiger partial charge >= 0.3 is 5.97 Å². The van der Waals surface area contributed by atoms with E-state index < -0.39 is 5.97 Å². The van der Waals surface area contributed by atoms with Crippen molar-refractivity contribution in [3.63, 3.8) is 0 Å². The highest BCUT2D eigenvalue weighted by Gasteiger charge is 2.14. The lowest BCUT2D eigenvalue weighted by atomic mass is 9.99. The third kappa shape index (κ3) is 3.62. The van der Waals surface area contributed by atoms with Crippen LogP contribution < -0.4 is 4.74 Å². The van der Waals surface area contributed by atoms with Crippen LogP contribution in [-0.4, -0.2) is 23.2 Å². The van der Waals surface area contributed by atoms with E-state index in [4.69, 9.17) is 9.72 Å². The number of benzene rings is 3. The van der Waals surface area contributed by atoms with E-state index in [1.165, 1.54) is 0 Å². The van der Waals surface area contributed by atoms with Crippen LogP contribution >= 0.6 is 11.3 Å². The molecule has 3 aromatic carbocycles. The number of carboxylic acids is 1. The summed E-state index contributed by atoms with van der Waals surface area (Å²) >= 11 is 1.58. The summed E-state index contributed by atoms with van der Waals surface area (Å²) in [7, 11) is 1.65. The number of hydrogen-bond donors (Lipinski definition) is 1. The lowest BCUT2D eigenvalue weighted by Gasteiger charge is -2.11. The molecule has 4 aromatic rings. The van der Waals surface area contributed by atoms with Gasteiger partial charge in [-0.1, -0.05) is 42.5 Å². The Balaban J connectivity index is 1.90. The normalized spacial score (nSPS) is 11.8. The van der Waals surface area contributed by atoms with E-state index in [1.54, 1.807) is 18.4 Å². The molecular formula is C23H19NO3S. The Morgan fingerprint density at radius 1 is 1.07 bits per heavy atom. The van der Waals surface area contributed by atoms with Crippen molar-refractivity contribution >= 4 is 49.9 Å². The van der Waals surface area contributed by atoms with Crippen molar-refractivity contribution in [2.24, 2.45) is 0 Å². The van der Waals surface area contributed by atoms with E-state index in [0.29, 0.717) is 6.42 Å². The fourth-order valence-corrected chi connectivity index (χ4v) is 4.28. The number of thiazole rings is 1. The molecule has 5 heteroatoms. The zero-order valence-electron chi connectivity index (χ0n) is 15.4. The van der Waals surface area contributed by atoms with E-state index in [-0.39, 0.29) is 6.42 Å². The van der Waals surface area contributed by atoms with Crippen LogP contribution in [0, 0.1) is 0 Å². The van der Waals surface area contributed by atoms with Gasteiger partial charge in [-0.05, 0) is 47.0 Å². The number of ether oxygens (including phenoxy) is 1. The zero-order chi connectivity index (χ0) is 19.5. The molecule has 4 rings (SSSR count). The van der Waals surface area contributed by atoms with Crippen LogP contribution in [-0.2, 0) is 4.79 Å². The number of fused-ring (bicyclic) bond motifs is 2. The minimum absolute atomic E-state index is 0.0504. The van der Waals surface area contributed by atoms with Crippen LogP contribution in [0.5, 0.6) is 5.75 Å². The quantitative estimate of drug-likeness (QED) is 0.448. The first-order chi connectivity index (χ1) is 13.7. The summed E-state index contributed by atoms with van der Waals surface area (Å²) in [6.45, 7) is 0. The average molecular weight is 389 g/mol. The Labute approximate surface area is 166 Å². The minimum atomic E-state index is -0.822. The number of aromatic nitrogens is 1. The number of nitrogens with zero attached hydrogens (tertiary/aromatic N) is 1. The second-order valence-electron chi connectivity index (χ2n) is 6.45. The van der Waals surface area contributed by atoms with Crippen LogP contribution in [0.2, 0.25) is 0 Å². The number of allylic oxidation sites excluding steroid dienone is 1.